The van der Waals surface area contributed by atoms with Gasteiger partial charge < -0.3 is 9.88 Å². The Balaban J connectivity index is 1.50. The number of anilines is 2. The van der Waals surface area contributed by atoms with Gasteiger partial charge in [0.15, 0.2) is 11.6 Å². The molecule has 0 saturated heterocycles. The van der Waals surface area contributed by atoms with E-state index in [1.165, 1.54) is 20.8 Å². The molecule has 0 aliphatic heterocycles. The van der Waals surface area contributed by atoms with Crippen LogP contribution < -0.4 is 15.6 Å². The highest BCUT2D eigenvalue weighted by molar-refractivity contribution is 7.10. The number of pyridine rings is 1. The number of aromatic nitrogens is 6. The SMILES string of the molecule is Cc1cc[n+](-c2cc(-c3nsc(Nc4ccc5[nH]ncc5c4Cl)n3)cn(C)c2=O)o1. The Labute approximate surface area is 178 Å². The fraction of sp³-hybridized carbons (Fsp3) is 0.105. The van der Waals surface area contributed by atoms with E-state index >= 15 is 0 Å². The maximum atomic E-state index is 12.5. The van der Waals surface area contributed by atoms with Crippen molar-refractivity contribution in [3.63, 3.8) is 0 Å². The van der Waals surface area contributed by atoms with Gasteiger partial charge in [-0.1, -0.05) is 11.6 Å². The molecule has 9 nitrogen and oxygen atoms in total. The Kier molecular flexibility index (Phi) is 4.37. The topological polar surface area (TPSA) is 106 Å². The van der Waals surface area contributed by atoms with Gasteiger partial charge in [-0.05, 0) is 12.1 Å². The number of benzene rings is 1. The minimum absolute atomic E-state index is 0.188. The van der Waals surface area contributed by atoms with Gasteiger partial charge in [-0.3, -0.25) is 9.89 Å². The maximum absolute atomic E-state index is 12.5. The Hall–Kier alpha value is -3.50. The van der Waals surface area contributed by atoms with E-state index in [-0.39, 0.29) is 5.56 Å². The van der Waals surface area contributed by atoms with Crippen LogP contribution in [0.15, 0.2) is 52.2 Å². The summed E-state index contributed by atoms with van der Waals surface area (Å²) in [4.78, 5) is 17.1. The van der Waals surface area contributed by atoms with Crippen molar-refractivity contribution < 1.29 is 9.26 Å². The van der Waals surface area contributed by atoms with Gasteiger partial charge in [-0.15, -0.1) is 0 Å². The highest BCUT2D eigenvalue weighted by Crippen LogP contribution is 2.33. The molecule has 1 aromatic carbocycles. The van der Waals surface area contributed by atoms with E-state index in [1.807, 2.05) is 19.1 Å². The summed E-state index contributed by atoms with van der Waals surface area (Å²) in [7, 11) is 1.68. The summed E-state index contributed by atoms with van der Waals surface area (Å²) < 4.78 is 12.9. The first-order chi connectivity index (χ1) is 14.5. The standard InChI is InChI=1S/C19H15ClN7O2S/c1-10-5-6-27(29-10)15-7-11(9-26(2)18(15)28)17-23-19(30-25-17)22-14-4-3-13-12(16(14)20)8-21-24-13/h3-9H,1-2H3,(H,21,24)(H,22,23,25)/q+1. The lowest BCUT2D eigenvalue weighted by Gasteiger charge is -2.05. The third-order valence-electron chi connectivity index (χ3n) is 4.57. The van der Waals surface area contributed by atoms with Crippen LogP contribution in [0, 0.1) is 6.92 Å². The monoisotopic (exact) mass is 440 g/mol. The van der Waals surface area contributed by atoms with E-state index in [1.54, 1.807) is 37.8 Å². The summed E-state index contributed by atoms with van der Waals surface area (Å²) in [5, 5.41) is 12.0. The Morgan fingerprint density at radius 3 is 3.00 bits per heavy atom. The number of H-pyrrole nitrogens is 1. The van der Waals surface area contributed by atoms with Gasteiger partial charge in [0.2, 0.25) is 11.3 Å². The highest BCUT2D eigenvalue weighted by Gasteiger charge is 2.21. The first-order valence-electron chi connectivity index (χ1n) is 8.92. The zero-order valence-electron chi connectivity index (χ0n) is 15.9. The van der Waals surface area contributed by atoms with Gasteiger partial charge in [-0.25, -0.2) is 4.52 Å². The third kappa shape index (κ3) is 3.15. The molecule has 0 aliphatic rings. The molecule has 0 atom stereocenters. The molecular formula is C19H15ClN7O2S+. The van der Waals surface area contributed by atoms with Crippen molar-refractivity contribution in [2.75, 3.05) is 5.32 Å². The molecule has 0 radical (unpaired) electrons. The molecule has 0 spiro atoms. The molecule has 0 bridgehead atoms. The Bertz CT molecular complexity index is 1450. The molecule has 11 heteroatoms. The van der Waals surface area contributed by atoms with Crippen molar-refractivity contribution in [2.24, 2.45) is 7.05 Å². The van der Waals surface area contributed by atoms with Crippen LogP contribution in [0.25, 0.3) is 28.0 Å². The number of aryl methyl sites for hydroxylation is 2. The van der Waals surface area contributed by atoms with Crippen molar-refractivity contribution >= 4 is 44.9 Å². The van der Waals surface area contributed by atoms with E-state index in [0.29, 0.717) is 38.7 Å². The molecule has 0 unspecified atom stereocenters. The first kappa shape index (κ1) is 18.5. The quantitative estimate of drug-likeness (QED) is 0.415. The number of hydrogen-bond acceptors (Lipinski definition) is 7. The average Bonchev–Trinajstić information content (AvgIpc) is 3.47. The fourth-order valence-electron chi connectivity index (χ4n) is 3.08. The van der Waals surface area contributed by atoms with Crippen molar-refractivity contribution in [3.05, 3.63) is 64.0 Å². The van der Waals surface area contributed by atoms with Crippen LogP contribution >= 0.6 is 23.1 Å². The van der Waals surface area contributed by atoms with E-state index in [4.69, 9.17) is 16.1 Å². The van der Waals surface area contributed by atoms with Gasteiger partial charge in [0, 0.05) is 53.5 Å². The molecule has 150 valence electrons. The Morgan fingerprint density at radius 2 is 2.20 bits per heavy atom. The second-order valence-corrected chi connectivity index (χ2v) is 7.81. The molecule has 4 heterocycles. The smallest absolute Gasteiger partial charge is 0.327 e. The summed E-state index contributed by atoms with van der Waals surface area (Å²) in [5.41, 5.74) is 2.44. The number of halogens is 1. The lowest BCUT2D eigenvalue weighted by molar-refractivity contribution is -0.786. The van der Waals surface area contributed by atoms with Gasteiger partial charge in [0.25, 0.3) is 0 Å². The van der Waals surface area contributed by atoms with Gasteiger partial charge in [0.1, 0.15) is 0 Å². The van der Waals surface area contributed by atoms with Crippen LogP contribution in [0.2, 0.25) is 5.02 Å². The second kappa shape index (κ2) is 7.08. The minimum Gasteiger partial charge on any atom is -0.329 e. The van der Waals surface area contributed by atoms with Gasteiger partial charge in [0.05, 0.1) is 28.5 Å². The molecule has 0 fully saturated rings. The predicted octanol–water partition coefficient (Wildman–Crippen LogP) is 3.36. The number of rotatable bonds is 4. The zero-order valence-corrected chi connectivity index (χ0v) is 17.5. The normalized spacial score (nSPS) is 11.3. The van der Waals surface area contributed by atoms with E-state index in [2.05, 4.69) is 24.9 Å². The number of aromatic amines is 1. The van der Waals surface area contributed by atoms with Crippen LogP contribution in [-0.2, 0) is 7.05 Å². The number of nitrogens with zero attached hydrogens (tertiary/aromatic N) is 5. The van der Waals surface area contributed by atoms with Crippen molar-refractivity contribution in [1.82, 2.24) is 24.1 Å². The first-order valence-corrected chi connectivity index (χ1v) is 10.1. The predicted molar refractivity (Wildman–Crippen MR) is 114 cm³/mol. The fourth-order valence-corrected chi connectivity index (χ4v) is 3.94. The molecular weight excluding hydrogens is 426 g/mol. The molecule has 30 heavy (non-hydrogen) atoms. The van der Waals surface area contributed by atoms with E-state index in [9.17, 15) is 4.79 Å². The summed E-state index contributed by atoms with van der Waals surface area (Å²) in [6.45, 7) is 1.82. The summed E-state index contributed by atoms with van der Waals surface area (Å²) >= 11 is 7.67. The van der Waals surface area contributed by atoms with Crippen LogP contribution in [-0.4, -0.2) is 24.1 Å². The van der Waals surface area contributed by atoms with Crippen molar-refractivity contribution in [3.8, 4) is 17.1 Å². The summed E-state index contributed by atoms with van der Waals surface area (Å²) in [6, 6.07) is 7.24. The van der Waals surface area contributed by atoms with Crippen LogP contribution in [0.3, 0.4) is 0 Å². The largest absolute Gasteiger partial charge is 0.329 e. The number of fused-ring (bicyclic) bond motifs is 1. The molecule has 2 N–H and O–H groups in total. The number of hydrogen-bond donors (Lipinski definition) is 2. The molecule has 5 rings (SSSR count). The van der Waals surface area contributed by atoms with Crippen LogP contribution in [0.1, 0.15) is 5.76 Å². The Morgan fingerprint density at radius 1 is 1.33 bits per heavy atom. The zero-order chi connectivity index (χ0) is 20.8. The van der Waals surface area contributed by atoms with Crippen molar-refractivity contribution in [1.29, 1.82) is 0 Å². The summed E-state index contributed by atoms with van der Waals surface area (Å²) in [6.07, 6.45) is 5.07. The summed E-state index contributed by atoms with van der Waals surface area (Å²) in [5.74, 6) is 1.19. The molecule has 0 aliphatic carbocycles. The van der Waals surface area contributed by atoms with Crippen LogP contribution in [0.5, 0.6) is 0 Å². The van der Waals surface area contributed by atoms with E-state index in [0.717, 1.165) is 10.9 Å². The second-order valence-electron chi connectivity index (χ2n) is 6.68. The van der Waals surface area contributed by atoms with Gasteiger partial charge in [-0.2, -0.15) is 14.5 Å². The van der Waals surface area contributed by atoms with E-state index < -0.39 is 0 Å². The maximum Gasteiger partial charge on any atom is 0.327 e. The number of nitrogens with one attached hydrogen (secondary N) is 2. The molecule has 5 aromatic rings. The highest BCUT2D eigenvalue weighted by atomic mass is 35.5. The minimum atomic E-state index is -0.188. The molecule has 0 saturated carbocycles. The average molecular weight is 441 g/mol. The van der Waals surface area contributed by atoms with Crippen molar-refractivity contribution in [2.45, 2.75) is 6.92 Å². The van der Waals surface area contributed by atoms with Gasteiger partial charge >= 0.3 is 11.2 Å². The molecule has 4 aromatic heterocycles. The lowest BCUT2D eigenvalue weighted by Crippen LogP contribution is -2.37. The van der Waals surface area contributed by atoms with Crippen LogP contribution in [0.4, 0.5) is 10.8 Å². The third-order valence-corrected chi connectivity index (χ3v) is 5.61. The lowest BCUT2D eigenvalue weighted by atomic mass is 10.2. The molecule has 0 amide bonds.